The summed E-state index contributed by atoms with van der Waals surface area (Å²) in [7, 11) is 4.37. The normalized spacial score (nSPS) is 22.5. The van der Waals surface area contributed by atoms with E-state index in [1.165, 1.54) is 50.0 Å². The Labute approximate surface area is 264 Å². The smallest absolute Gasteiger partial charge is 0.209 e. The van der Waals surface area contributed by atoms with E-state index in [-0.39, 0.29) is 10.8 Å². The molecule has 0 unspecified atom stereocenters. The van der Waals surface area contributed by atoms with Gasteiger partial charge in [0, 0.05) is 57.1 Å². The molecule has 0 spiro atoms. The van der Waals surface area contributed by atoms with Crippen molar-refractivity contribution in [1.29, 1.82) is 0 Å². The van der Waals surface area contributed by atoms with Crippen LogP contribution in [0.4, 0.5) is 11.4 Å². The highest BCUT2D eigenvalue weighted by molar-refractivity contribution is 8.42. The molecule has 0 amide bonds. The number of aliphatic imine (C=N–C) groups is 1. The quantitative estimate of drug-likeness (QED) is 0.207. The molecular formula is C36H38N3S3+. The van der Waals surface area contributed by atoms with Crippen molar-refractivity contribution >= 4 is 57.6 Å². The van der Waals surface area contributed by atoms with E-state index in [2.05, 4.69) is 147 Å². The summed E-state index contributed by atoms with van der Waals surface area (Å²) in [6, 6.07) is 17.5. The van der Waals surface area contributed by atoms with E-state index in [9.17, 15) is 0 Å². The van der Waals surface area contributed by atoms with Crippen molar-refractivity contribution in [2.45, 2.75) is 51.4 Å². The number of hydrogen-bond donors (Lipinski definition) is 1. The maximum atomic E-state index is 4.69. The fraction of sp³-hybridized carbons (Fsp3) is 0.306. The van der Waals surface area contributed by atoms with Gasteiger partial charge in [-0.15, -0.1) is 0 Å². The highest BCUT2D eigenvalue weighted by atomic mass is 32.2. The van der Waals surface area contributed by atoms with Gasteiger partial charge in [0.1, 0.15) is 11.4 Å². The van der Waals surface area contributed by atoms with Gasteiger partial charge in [-0.05, 0) is 55.5 Å². The molecular weight excluding hydrogens is 571 g/mol. The van der Waals surface area contributed by atoms with Crippen LogP contribution in [0.15, 0.2) is 116 Å². The number of anilines is 1. The Balaban J connectivity index is 1.38. The number of thiol groups is 1. The van der Waals surface area contributed by atoms with Crippen molar-refractivity contribution in [3.05, 3.63) is 123 Å². The van der Waals surface area contributed by atoms with Crippen LogP contribution in [0.3, 0.4) is 0 Å². The lowest BCUT2D eigenvalue weighted by Gasteiger charge is -2.24. The Kier molecular flexibility index (Phi) is 7.86. The molecule has 0 saturated carbocycles. The van der Waals surface area contributed by atoms with Crippen LogP contribution in [0, 0.1) is 0 Å². The van der Waals surface area contributed by atoms with Crippen molar-refractivity contribution in [2.24, 2.45) is 4.99 Å². The molecule has 0 saturated heterocycles. The van der Waals surface area contributed by atoms with Crippen LogP contribution in [0.25, 0.3) is 0 Å². The van der Waals surface area contributed by atoms with Crippen molar-refractivity contribution in [3.63, 3.8) is 0 Å². The third-order valence-corrected chi connectivity index (χ3v) is 11.8. The van der Waals surface area contributed by atoms with Gasteiger partial charge >= 0.3 is 0 Å². The van der Waals surface area contributed by atoms with Gasteiger partial charge in [0.2, 0.25) is 5.69 Å². The van der Waals surface area contributed by atoms with E-state index in [1.54, 1.807) is 29.7 Å². The number of likely N-dealkylation sites (N-methyl/N-ethyl adjacent to an activating group) is 1. The Morgan fingerprint density at radius 2 is 1.74 bits per heavy atom. The van der Waals surface area contributed by atoms with Crippen LogP contribution < -0.4 is 4.90 Å². The van der Waals surface area contributed by atoms with E-state index in [4.69, 9.17) is 0 Å². The van der Waals surface area contributed by atoms with Gasteiger partial charge in [0.15, 0.2) is 5.71 Å². The third-order valence-electron chi connectivity index (χ3n) is 8.95. The van der Waals surface area contributed by atoms with Gasteiger partial charge in [-0.2, -0.15) is 17.2 Å². The lowest BCUT2D eigenvalue weighted by molar-refractivity contribution is -0.401. The number of nitrogens with zero attached hydrogens (tertiary/aromatic N) is 3. The first-order valence-corrected chi connectivity index (χ1v) is 16.7. The summed E-state index contributed by atoms with van der Waals surface area (Å²) in [5.41, 5.74) is 13.8. The summed E-state index contributed by atoms with van der Waals surface area (Å²) in [6.07, 6.45) is 13.2. The van der Waals surface area contributed by atoms with Crippen LogP contribution in [-0.2, 0) is 10.8 Å². The Hall–Kier alpha value is -2.89. The molecule has 2 aromatic carbocycles. The van der Waals surface area contributed by atoms with Gasteiger partial charge in [-0.3, -0.25) is 0 Å². The largest absolute Gasteiger partial charge is 0.347 e. The van der Waals surface area contributed by atoms with Gasteiger partial charge in [-0.1, -0.05) is 91.7 Å². The van der Waals surface area contributed by atoms with Crippen LogP contribution in [0.1, 0.15) is 51.7 Å². The molecule has 0 radical (unpaired) electrons. The zero-order chi connectivity index (χ0) is 29.6. The lowest BCUT2D eigenvalue weighted by Crippen LogP contribution is -2.26. The minimum absolute atomic E-state index is 0.0502. The lowest BCUT2D eigenvalue weighted by atomic mass is 9.81. The number of benzene rings is 2. The predicted molar refractivity (Wildman–Crippen MR) is 188 cm³/mol. The average molecular weight is 609 g/mol. The molecule has 3 nitrogen and oxygen atoms in total. The van der Waals surface area contributed by atoms with Gasteiger partial charge < -0.3 is 4.90 Å². The molecule has 2 aromatic rings. The molecule has 0 aromatic heterocycles. The summed E-state index contributed by atoms with van der Waals surface area (Å²) >= 11 is 7.95. The molecule has 0 atom stereocenters. The van der Waals surface area contributed by atoms with Crippen LogP contribution in [0.2, 0.25) is 0 Å². The van der Waals surface area contributed by atoms with E-state index in [1.807, 2.05) is 0 Å². The molecule has 0 bridgehead atoms. The zero-order valence-electron chi connectivity index (χ0n) is 25.2. The second-order valence-electron chi connectivity index (χ2n) is 12.2. The summed E-state index contributed by atoms with van der Waals surface area (Å²) in [4.78, 5) is 9.46. The number of para-hydroxylation sites is 2. The van der Waals surface area contributed by atoms with E-state index in [0.717, 1.165) is 22.1 Å². The standard InChI is InChI=1S/C36H37N3S3/c1-35(2)27-11-7-9-13-29(27)38(5)31(35)19-17-24-15-16-25(33(24)42-34-37-22-21-26(23-40)41-34)18-20-32-36(3,4)28-12-8-10-14-30(28)39(32)6/h7-14,17-20,22H,15-16,23H2,1-6H3/p+1. The molecule has 214 valence electrons. The van der Waals surface area contributed by atoms with E-state index < -0.39 is 0 Å². The minimum atomic E-state index is -0.0502. The van der Waals surface area contributed by atoms with Crippen molar-refractivity contribution in [3.8, 4) is 0 Å². The highest BCUT2D eigenvalue weighted by Crippen LogP contribution is 2.48. The number of thioether (sulfide) groups is 2. The SMILES string of the molecule is CN1C(=CC=C2CCC(C=CC3=[N+](C)c4ccccc4C3(C)C)=C2SC2=NC=C=C(CS)S2)C(C)(C)c2ccccc21. The second kappa shape index (κ2) is 11.3. The number of allylic oxidation sites excluding steroid dienone is 7. The first-order chi connectivity index (χ1) is 20.1. The zero-order valence-corrected chi connectivity index (χ0v) is 27.8. The summed E-state index contributed by atoms with van der Waals surface area (Å²) in [5, 5.41) is 0. The topological polar surface area (TPSA) is 18.6 Å². The maximum absolute atomic E-state index is 4.69. The first kappa shape index (κ1) is 29.2. The predicted octanol–water partition coefficient (Wildman–Crippen LogP) is 9.30. The molecule has 1 aliphatic carbocycles. The number of fused-ring (bicyclic) bond motifs is 2. The van der Waals surface area contributed by atoms with Gasteiger partial charge in [-0.25, -0.2) is 4.99 Å². The molecule has 3 aliphatic heterocycles. The van der Waals surface area contributed by atoms with E-state index >= 15 is 0 Å². The van der Waals surface area contributed by atoms with Crippen molar-refractivity contribution < 1.29 is 4.58 Å². The molecule has 6 heteroatoms. The molecule has 0 fully saturated rings. The third kappa shape index (κ3) is 5.03. The summed E-state index contributed by atoms with van der Waals surface area (Å²) in [6.45, 7) is 9.31. The summed E-state index contributed by atoms with van der Waals surface area (Å²) < 4.78 is 3.38. The number of rotatable bonds is 5. The molecule has 4 aliphatic rings. The van der Waals surface area contributed by atoms with Gasteiger partial charge in [0.25, 0.3) is 0 Å². The van der Waals surface area contributed by atoms with Crippen LogP contribution in [0.5, 0.6) is 0 Å². The highest BCUT2D eigenvalue weighted by Gasteiger charge is 2.42. The Morgan fingerprint density at radius 3 is 2.48 bits per heavy atom. The first-order valence-electron chi connectivity index (χ1n) is 14.5. The van der Waals surface area contributed by atoms with Crippen molar-refractivity contribution in [1.82, 2.24) is 0 Å². The molecule has 6 rings (SSSR count). The monoisotopic (exact) mass is 608 g/mol. The Morgan fingerprint density at radius 1 is 1.00 bits per heavy atom. The molecule has 42 heavy (non-hydrogen) atoms. The fourth-order valence-corrected chi connectivity index (χ4v) is 9.02. The van der Waals surface area contributed by atoms with Crippen LogP contribution >= 0.6 is 36.2 Å². The average Bonchev–Trinajstić information content (AvgIpc) is 3.52. The number of hydrogen-bond acceptors (Lipinski definition) is 5. The fourth-order valence-electron chi connectivity index (χ4n) is 6.64. The van der Waals surface area contributed by atoms with Crippen LogP contribution in [-0.4, -0.2) is 34.5 Å². The molecule has 0 N–H and O–H groups in total. The molecule has 3 heterocycles. The minimum Gasteiger partial charge on any atom is -0.347 e. The maximum Gasteiger partial charge on any atom is 0.209 e. The van der Waals surface area contributed by atoms with E-state index in [0.29, 0.717) is 5.75 Å². The van der Waals surface area contributed by atoms with Gasteiger partial charge in [0.05, 0.1) is 11.6 Å². The Bertz CT molecular complexity index is 1720. The summed E-state index contributed by atoms with van der Waals surface area (Å²) in [5.74, 6) is 0.670. The second-order valence-corrected chi connectivity index (χ2v) is 14.8. The van der Waals surface area contributed by atoms with Crippen molar-refractivity contribution in [2.75, 3.05) is 24.7 Å².